The Labute approximate surface area is 167 Å². The van der Waals surface area contributed by atoms with Crippen LogP contribution < -0.4 is 5.73 Å². The molecule has 3 aromatic heterocycles. The number of aromatic nitrogens is 5. The van der Waals surface area contributed by atoms with Gasteiger partial charge in [-0.1, -0.05) is 24.0 Å². The second-order valence-electron chi connectivity index (χ2n) is 6.71. The quantitative estimate of drug-likeness (QED) is 0.513. The molecule has 3 heterocycles. The lowest BCUT2D eigenvalue weighted by Crippen LogP contribution is -2.20. The number of rotatable bonds is 2. The molecule has 0 saturated heterocycles. The number of hydrogen-bond acceptors (Lipinski definition) is 7. The van der Waals surface area contributed by atoms with Crippen molar-refractivity contribution in [1.29, 1.82) is 0 Å². The smallest absolute Gasteiger partial charge is 0.166 e. The molecule has 4 rings (SSSR count). The van der Waals surface area contributed by atoms with E-state index in [0.717, 1.165) is 16.8 Å². The minimum atomic E-state index is -1.41. The lowest BCUT2D eigenvalue weighted by molar-refractivity contribution is 0.117. The summed E-state index contributed by atoms with van der Waals surface area (Å²) in [4.78, 5) is 21.3. The van der Waals surface area contributed by atoms with Gasteiger partial charge in [-0.15, -0.1) is 0 Å². The highest BCUT2D eigenvalue weighted by Crippen LogP contribution is 2.23. The molecular weight excluding hydrogens is 364 g/mol. The molecule has 4 aromatic rings. The van der Waals surface area contributed by atoms with E-state index in [1.54, 1.807) is 20.0 Å². The fourth-order valence-electron chi connectivity index (χ4n) is 2.88. The first-order valence-corrected chi connectivity index (χ1v) is 8.96. The predicted molar refractivity (Wildman–Crippen MR) is 110 cm³/mol. The Balaban J connectivity index is 1.69. The van der Waals surface area contributed by atoms with E-state index in [-0.39, 0.29) is 0 Å². The first-order chi connectivity index (χ1) is 13.9. The maximum Gasteiger partial charge on any atom is 0.166 e. The molecule has 0 amide bonds. The molecule has 1 atom stereocenters. The van der Waals surface area contributed by atoms with Gasteiger partial charge in [-0.05, 0) is 38.1 Å². The highest BCUT2D eigenvalue weighted by atomic mass is 16.3. The topological polar surface area (TPSA) is 111 Å². The Morgan fingerprint density at radius 3 is 2.72 bits per heavy atom. The van der Waals surface area contributed by atoms with Gasteiger partial charge in [0.1, 0.15) is 17.0 Å². The Morgan fingerprint density at radius 2 is 1.93 bits per heavy atom. The van der Waals surface area contributed by atoms with Crippen LogP contribution in [0.1, 0.15) is 24.0 Å². The molecule has 0 radical (unpaired) electrons. The summed E-state index contributed by atoms with van der Waals surface area (Å²) in [6, 6.07) is 11.4. The van der Waals surface area contributed by atoms with Crippen molar-refractivity contribution in [2.45, 2.75) is 19.4 Å². The van der Waals surface area contributed by atoms with Gasteiger partial charge < -0.3 is 10.8 Å². The van der Waals surface area contributed by atoms with Gasteiger partial charge >= 0.3 is 0 Å². The first-order valence-electron chi connectivity index (χ1n) is 8.96. The van der Waals surface area contributed by atoms with Gasteiger partial charge in [-0.25, -0.2) is 15.0 Å². The van der Waals surface area contributed by atoms with Crippen molar-refractivity contribution in [3.05, 3.63) is 72.1 Å². The summed E-state index contributed by atoms with van der Waals surface area (Å²) in [7, 11) is 0. The molecule has 7 heteroatoms. The van der Waals surface area contributed by atoms with E-state index in [9.17, 15) is 5.11 Å². The second kappa shape index (κ2) is 7.26. The van der Waals surface area contributed by atoms with Gasteiger partial charge in [0.2, 0.25) is 0 Å². The summed E-state index contributed by atoms with van der Waals surface area (Å²) in [5, 5.41) is 10.6. The lowest BCUT2D eigenvalue weighted by Gasteiger charge is -2.14. The molecule has 7 nitrogen and oxygen atoms in total. The molecule has 1 aromatic carbocycles. The minimum Gasteiger partial charge on any atom is -0.382 e. The summed E-state index contributed by atoms with van der Waals surface area (Å²) in [6.45, 7) is 3.38. The number of aliphatic hydroxyl groups is 1. The highest BCUT2D eigenvalue weighted by molar-refractivity contribution is 5.86. The van der Waals surface area contributed by atoms with E-state index in [2.05, 4.69) is 36.8 Å². The van der Waals surface area contributed by atoms with E-state index < -0.39 is 5.60 Å². The van der Waals surface area contributed by atoms with Gasteiger partial charge in [0.05, 0.1) is 17.4 Å². The van der Waals surface area contributed by atoms with Crippen molar-refractivity contribution in [3.8, 4) is 23.1 Å². The van der Waals surface area contributed by atoms with Crippen LogP contribution in [0.5, 0.6) is 0 Å². The third-order valence-electron chi connectivity index (χ3n) is 4.35. The zero-order valence-electron chi connectivity index (χ0n) is 16.0. The Morgan fingerprint density at radius 1 is 1.07 bits per heavy atom. The number of anilines is 1. The van der Waals surface area contributed by atoms with Crippen molar-refractivity contribution in [3.63, 3.8) is 0 Å². The van der Waals surface area contributed by atoms with E-state index >= 15 is 0 Å². The molecule has 1 unspecified atom stereocenters. The highest BCUT2D eigenvalue weighted by Gasteiger charge is 2.21. The fourth-order valence-corrected chi connectivity index (χ4v) is 2.88. The van der Waals surface area contributed by atoms with Crippen LogP contribution in [-0.2, 0) is 5.60 Å². The third kappa shape index (κ3) is 3.88. The van der Waals surface area contributed by atoms with Crippen LogP contribution in [0.3, 0.4) is 0 Å². The molecular formula is C22H18N6O. The maximum atomic E-state index is 10.6. The molecule has 3 N–H and O–H groups in total. The Bertz CT molecular complexity index is 1260. The predicted octanol–water partition coefficient (Wildman–Crippen LogP) is 2.63. The number of nitrogen functional groups attached to an aromatic ring is 1. The van der Waals surface area contributed by atoms with Crippen molar-refractivity contribution >= 4 is 16.9 Å². The first kappa shape index (κ1) is 18.5. The molecule has 0 bridgehead atoms. The normalized spacial score (nSPS) is 12.8. The van der Waals surface area contributed by atoms with Gasteiger partial charge in [0.25, 0.3) is 0 Å². The summed E-state index contributed by atoms with van der Waals surface area (Å²) < 4.78 is 0. The summed E-state index contributed by atoms with van der Waals surface area (Å²) in [6.07, 6.45) is 4.57. The van der Waals surface area contributed by atoms with Crippen molar-refractivity contribution in [2.24, 2.45) is 0 Å². The number of pyridine rings is 1. The second-order valence-corrected chi connectivity index (χ2v) is 6.71. The zero-order chi connectivity index (χ0) is 20.4. The summed E-state index contributed by atoms with van der Waals surface area (Å²) in [5.74, 6) is 6.82. The van der Waals surface area contributed by atoms with Crippen molar-refractivity contribution in [2.75, 3.05) is 5.73 Å². The Hall–Kier alpha value is -3.89. The molecule has 0 aliphatic rings. The average Bonchev–Trinajstić information content (AvgIpc) is 2.73. The third-order valence-corrected chi connectivity index (χ3v) is 4.35. The van der Waals surface area contributed by atoms with Crippen LogP contribution in [0.15, 0.2) is 55.0 Å². The number of nitrogens with two attached hydrogens (primary N) is 1. The number of fused-ring (bicyclic) bond motifs is 1. The van der Waals surface area contributed by atoms with Crippen LogP contribution >= 0.6 is 0 Å². The molecule has 0 aliphatic carbocycles. The standard InChI is InChI=1S/C22H18N6O/c1-14-26-18-7-6-17(28-20(18)21(23)27-14)16-5-3-4-15(12-16)8-9-22(2,29)19-13-24-10-11-25-19/h3-7,10-13,29H,1-2H3,(H2,23,26,27). The molecule has 0 fully saturated rings. The van der Waals surface area contributed by atoms with E-state index in [1.165, 1.54) is 12.4 Å². The monoisotopic (exact) mass is 382 g/mol. The van der Waals surface area contributed by atoms with E-state index in [4.69, 9.17) is 5.73 Å². The number of nitrogens with zero attached hydrogens (tertiary/aromatic N) is 5. The minimum absolute atomic E-state index is 0.352. The molecule has 0 aliphatic heterocycles. The molecule has 29 heavy (non-hydrogen) atoms. The van der Waals surface area contributed by atoms with Crippen molar-refractivity contribution in [1.82, 2.24) is 24.9 Å². The van der Waals surface area contributed by atoms with Crippen LogP contribution in [-0.4, -0.2) is 30.0 Å². The number of benzene rings is 1. The van der Waals surface area contributed by atoms with Gasteiger partial charge in [0.15, 0.2) is 11.4 Å². The van der Waals surface area contributed by atoms with Crippen LogP contribution in [0.2, 0.25) is 0 Å². The maximum absolute atomic E-state index is 10.6. The molecule has 0 spiro atoms. The summed E-state index contributed by atoms with van der Waals surface area (Å²) in [5.41, 5.74) is 8.61. The molecule has 142 valence electrons. The largest absolute Gasteiger partial charge is 0.382 e. The zero-order valence-corrected chi connectivity index (χ0v) is 16.0. The van der Waals surface area contributed by atoms with Gasteiger partial charge in [-0.3, -0.25) is 9.97 Å². The number of hydrogen-bond donors (Lipinski definition) is 2. The van der Waals surface area contributed by atoms with Crippen LogP contribution in [0.25, 0.3) is 22.3 Å². The van der Waals surface area contributed by atoms with Gasteiger partial charge in [-0.2, -0.15) is 0 Å². The van der Waals surface area contributed by atoms with E-state index in [0.29, 0.717) is 28.4 Å². The number of aryl methyl sites for hydroxylation is 1. The van der Waals surface area contributed by atoms with Gasteiger partial charge in [0, 0.05) is 23.5 Å². The van der Waals surface area contributed by atoms with E-state index in [1.807, 2.05) is 36.4 Å². The SMILES string of the molecule is Cc1nc(N)c2nc(-c3cccc(C#CC(C)(O)c4cnccn4)c3)ccc2n1. The summed E-state index contributed by atoms with van der Waals surface area (Å²) >= 11 is 0. The average molecular weight is 382 g/mol. The molecule has 0 saturated carbocycles. The van der Waals surface area contributed by atoms with Crippen molar-refractivity contribution < 1.29 is 5.11 Å². The Kier molecular flexibility index (Phi) is 4.63. The lowest BCUT2D eigenvalue weighted by atomic mass is 10.0. The fraction of sp³-hybridized carbons (Fsp3) is 0.136. The van der Waals surface area contributed by atoms with Crippen LogP contribution in [0, 0.1) is 18.8 Å². The van der Waals surface area contributed by atoms with Crippen LogP contribution in [0.4, 0.5) is 5.82 Å².